The molecule has 2 heteroatoms. The molecule has 0 aromatic heterocycles. The Labute approximate surface area is 54.0 Å². The van der Waals surface area contributed by atoms with Crippen LogP contribution in [0.5, 0.6) is 0 Å². The van der Waals surface area contributed by atoms with Gasteiger partial charge < -0.3 is 0 Å². The van der Waals surface area contributed by atoms with Crippen molar-refractivity contribution in [1.29, 1.82) is 0 Å². The molecule has 0 amide bonds. The number of nitrogens with one attached hydrogen (secondary N) is 1. The zero-order valence-electron chi connectivity index (χ0n) is 5.04. The minimum atomic E-state index is 1.08. The van der Waals surface area contributed by atoms with Gasteiger partial charge in [0.15, 0.2) is 6.21 Å². The molecule has 0 bridgehead atoms. The summed E-state index contributed by atoms with van der Waals surface area (Å²) in [6.45, 7) is 0. The maximum Gasteiger partial charge on any atom is 0.197 e. The first-order valence-corrected chi connectivity index (χ1v) is 2.78. The van der Waals surface area contributed by atoms with E-state index in [0.29, 0.717) is 0 Å². The lowest BCUT2D eigenvalue weighted by Gasteiger charge is -1.82. The van der Waals surface area contributed by atoms with Crippen molar-refractivity contribution >= 4 is 6.21 Å². The summed E-state index contributed by atoms with van der Waals surface area (Å²) in [5, 5.41) is 2.46. The van der Waals surface area contributed by atoms with Crippen molar-refractivity contribution in [1.82, 2.24) is 0 Å². The fourth-order valence-corrected chi connectivity index (χ4v) is 0.645. The Morgan fingerprint density at radius 2 is 1.89 bits per heavy atom. The monoisotopic (exact) mass is 121 g/mol. The van der Waals surface area contributed by atoms with Gasteiger partial charge in [0.25, 0.3) is 0 Å². The molecule has 9 heavy (non-hydrogen) atoms. The van der Waals surface area contributed by atoms with Crippen LogP contribution < -0.4 is 10.9 Å². The minimum Gasteiger partial charge on any atom is -0.213 e. The minimum absolute atomic E-state index is 1.08. The van der Waals surface area contributed by atoms with Gasteiger partial charge in [-0.2, -0.15) is 0 Å². The van der Waals surface area contributed by atoms with Gasteiger partial charge in [0.2, 0.25) is 0 Å². The number of benzene rings is 1. The summed E-state index contributed by atoms with van der Waals surface area (Å²) >= 11 is 0. The van der Waals surface area contributed by atoms with Crippen molar-refractivity contribution in [2.24, 2.45) is 5.84 Å². The maximum absolute atomic E-state index is 5.05. The van der Waals surface area contributed by atoms with Gasteiger partial charge in [-0.25, -0.2) is 5.84 Å². The van der Waals surface area contributed by atoms with Crippen molar-refractivity contribution in [2.45, 2.75) is 0 Å². The Balaban J connectivity index is 2.85. The molecule has 0 aliphatic rings. The first kappa shape index (κ1) is 5.82. The number of rotatable bonds is 1. The van der Waals surface area contributed by atoms with Crippen LogP contribution in [0.15, 0.2) is 30.3 Å². The number of nitrogens with two attached hydrogens (primary N) is 1. The van der Waals surface area contributed by atoms with Gasteiger partial charge in [-0.1, -0.05) is 18.2 Å². The summed E-state index contributed by atoms with van der Waals surface area (Å²) in [7, 11) is 0. The summed E-state index contributed by atoms with van der Waals surface area (Å²) in [6, 6.07) is 9.83. The van der Waals surface area contributed by atoms with E-state index in [2.05, 4.69) is 5.10 Å². The number of hydrazone groups is 1. The van der Waals surface area contributed by atoms with Crippen molar-refractivity contribution in [3.8, 4) is 0 Å². The molecule has 0 saturated carbocycles. The van der Waals surface area contributed by atoms with E-state index in [1.54, 1.807) is 6.21 Å². The molecule has 1 aromatic rings. The normalized spacial score (nSPS) is 10.2. The Bertz CT molecular complexity index is 191. The molecule has 0 heterocycles. The lowest BCUT2D eigenvalue weighted by Crippen LogP contribution is -2.76. The van der Waals surface area contributed by atoms with Crippen LogP contribution in [-0.4, -0.2) is 6.21 Å². The average Bonchev–Trinajstić information content (AvgIpc) is 1.91. The van der Waals surface area contributed by atoms with Crippen molar-refractivity contribution in [2.75, 3.05) is 0 Å². The third-order valence-electron chi connectivity index (χ3n) is 1.05. The Hall–Kier alpha value is -1.31. The summed E-state index contributed by atoms with van der Waals surface area (Å²) in [5.74, 6) is 5.05. The smallest absolute Gasteiger partial charge is 0.197 e. The van der Waals surface area contributed by atoms with Crippen LogP contribution in [0, 0.1) is 0 Å². The molecule has 0 saturated heterocycles. The van der Waals surface area contributed by atoms with Crippen LogP contribution in [0.2, 0.25) is 0 Å². The third kappa shape index (κ3) is 1.57. The van der Waals surface area contributed by atoms with Gasteiger partial charge in [0.05, 0.1) is 0 Å². The SMILES string of the molecule is N[NH+]=Cc1ccccc1. The van der Waals surface area contributed by atoms with Crippen LogP contribution in [0.25, 0.3) is 0 Å². The Morgan fingerprint density at radius 1 is 1.22 bits per heavy atom. The second-order valence-electron chi connectivity index (χ2n) is 1.72. The van der Waals surface area contributed by atoms with Crippen LogP contribution in [0.1, 0.15) is 5.56 Å². The summed E-state index contributed by atoms with van der Waals surface area (Å²) in [6.07, 6.45) is 1.74. The maximum atomic E-state index is 5.05. The molecule has 1 aromatic carbocycles. The van der Waals surface area contributed by atoms with E-state index in [0.717, 1.165) is 5.56 Å². The predicted molar refractivity (Wildman–Crippen MR) is 36.8 cm³/mol. The van der Waals surface area contributed by atoms with Gasteiger partial charge in [0, 0.05) is 5.56 Å². The molecule has 3 N–H and O–H groups in total. The topological polar surface area (TPSA) is 40.0 Å². The molecule has 0 aliphatic carbocycles. The molecule has 0 unspecified atom stereocenters. The lowest BCUT2D eigenvalue weighted by molar-refractivity contribution is -0.463. The first-order chi connectivity index (χ1) is 4.43. The summed E-state index contributed by atoms with van der Waals surface area (Å²) < 4.78 is 0. The van der Waals surface area contributed by atoms with E-state index in [1.807, 2.05) is 30.3 Å². The first-order valence-electron chi connectivity index (χ1n) is 2.78. The third-order valence-corrected chi connectivity index (χ3v) is 1.05. The van der Waals surface area contributed by atoms with E-state index in [9.17, 15) is 0 Å². The van der Waals surface area contributed by atoms with E-state index >= 15 is 0 Å². The van der Waals surface area contributed by atoms with Gasteiger partial charge in [-0.3, -0.25) is 0 Å². The second-order valence-corrected chi connectivity index (χ2v) is 1.72. The fourth-order valence-electron chi connectivity index (χ4n) is 0.645. The molecular weight excluding hydrogens is 112 g/mol. The van der Waals surface area contributed by atoms with E-state index in [1.165, 1.54) is 0 Å². The molecule has 0 aliphatic heterocycles. The van der Waals surface area contributed by atoms with Crippen LogP contribution in [0.3, 0.4) is 0 Å². The molecular formula is C7H9N2+. The van der Waals surface area contributed by atoms with E-state index in [4.69, 9.17) is 5.84 Å². The highest BCUT2D eigenvalue weighted by molar-refractivity contribution is 5.74. The van der Waals surface area contributed by atoms with E-state index < -0.39 is 0 Å². The second kappa shape index (κ2) is 2.87. The van der Waals surface area contributed by atoms with Crippen molar-refractivity contribution in [3.63, 3.8) is 0 Å². The number of hydrogen-bond donors (Lipinski definition) is 2. The highest BCUT2D eigenvalue weighted by Gasteiger charge is 1.83. The quantitative estimate of drug-likeness (QED) is 0.281. The molecule has 0 atom stereocenters. The predicted octanol–water partition coefficient (Wildman–Crippen LogP) is -0.940. The van der Waals surface area contributed by atoms with Crippen LogP contribution in [-0.2, 0) is 0 Å². The Morgan fingerprint density at radius 3 is 2.44 bits per heavy atom. The lowest BCUT2D eigenvalue weighted by atomic mass is 10.2. The standard InChI is InChI=1S/C7H8N2/c8-9-6-7-4-2-1-3-5-7/h1-6H,8H2/p+1. The number of hydrogen-bond acceptors (Lipinski definition) is 1. The summed E-state index contributed by atoms with van der Waals surface area (Å²) in [4.78, 5) is 0. The van der Waals surface area contributed by atoms with Gasteiger partial charge in [-0.15, -0.1) is 5.10 Å². The zero-order valence-corrected chi connectivity index (χ0v) is 5.04. The molecule has 0 fully saturated rings. The molecule has 46 valence electrons. The fraction of sp³-hybridized carbons (Fsp3) is 0. The summed E-state index contributed by atoms with van der Waals surface area (Å²) in [5.41, 5.74) is 1.08. The Kier molecular flexibility index (Phi) is 1.85. The molecule has 1 rings (SSSR count). The van der Waals surface area contributed by atoms with Crippen molar-refractivity contribution < 1.29 is 5.10 Å². The molecule has 0 radical (unpaired) electrons. The highest BCUT2D eigenvalue weighted by atomic mass is 15.1. The average molecular weight is 121 g/mol. The largest absolute Gasteiger partial charge is 0.213 e. The van der Waals surface area contributed by atoms with E-state index in [-0.39, 0.29) is 0 Å². The van der Waals surface area contributed by atoms with Gasteiger partial charge in [-0.05, 0) is 12.1 Å². The van der Waals surface area contributed by atoms with Gasteiger partial charge in [0.1, 0.15) is 0 Å². The van der Waals surface area contributed by atoms with Gasteiger partial charge >= 0.3 is 0 Å². The number of hydrazine groups is 1. The van der Waals surface area contributed by atoms with Crippen molar-refractivity contribution in [3.05, 3.63) is 35.9 Å². The van der Waals surface area contributed by atoms with Crippen LogP contribution in [0.4, 0.5) is 0 Å². The highest BCUT2D eigenvalue weighted by Crippen LogP contribution is 1.90. The zero-order chi connectivity index (χ0) is 6.53. The molecule has 2 nitrogen and oxygen atoms in total. The van der Waals surface area contributed by atoms with Crippen LogP contribution >= 0.6 is 0 Å². The molecule has 0 spiro atoms.